The van der Waals surface area contributed by atoms with Gasteiger partial charge in [0.2, 0.25) is 5.91 Å². The molecular formula is C20H20FN3O3. The normalized spacial score (nSPS) is 20.7. The molecule has 1 fully saturated rings. The van der Waals surface area contributed by atoms with E-state index in [1.54, 1.807) is 17.6 Å². The highest BCUT2D eigenvalue weighted by molar-refractivity contribution is 6.04. The highest BCUT2D eigenvalue weighted by Gasteiger charge is 2.35. The van der Waals surface area contributed by atoms with Crippen molar-refractivity contribution in [1.82, 2.24) is 9.47 Å². The van der Waals surface area contributed by atoms with Crippen LogP contribution in [0, 0.1) is 11.7 Å². The number of nitrogens with zero attached hydrogens (tertiary/aromatic N) is 2. The molecule has 2 aliphatic heterocycles. The molecule has 0 radical (unpaired) electrons. The summed E-state index contributed by atoms with van der Waals surface area (Å²) in [7, 11) is 0. The summed E-state index contributed by atoms with van der Waals surface area (Å²) in [4.78, 5) is 38.8. The number of aromatic nitrogens is 1. The number of fused-ring (bicyclic) bond motifs is 4. The van der Waals surface area contributed by atoms with Gasteiger partial charge in [-0.1, -0.05) is 0 Å². The molecule has 140 valence electrons. The lowest BCUT2D eigenvalue weighted by atomic mass is 9.83. The topological polar surface area (TPSA) is 71.4 Å². The summed E-state index contributed by atoms with van der Waals surface area (Å²) in [5.74, 6) is -0.446. The Bertz CT molecular complexity index is 967. The van der Waals surface area contributed by atoms with Gasteiger partial charge in [-0.05, 0) is 48.7 Å². The molecule has 2 bridgehead atoms. The SMILES string of the molecule is CC(=O)N1C[C@@H]2C[C@H](C1)c1ccc(NC(=O)c3ccc(F)cc3)c(=O)n1C2. The number of anilines is 1. The number of pyridine rings is 1. The van der Waals surface area contributed by atoms with Crippen LogP contribution in [0.1, 0.15) is 35.3 Å². The van der Waals surface area contributed by atoms with Crippen molar-refractivity contribution < 1.29 is 14.0 Å². The standard InChI is InChI=1S/C20H20FN3O3/c1-12(25)23-9-13-8-15(11-23)18-7-6-17(20(27)24(18)10-13)22-19(26)14-2-4-16(21)5-3-14/h2-7,13,15H,8-11H2,1H3,(H,22,26)/t13-,15+/m0/s1. The van der Waals surface area contributed by atoms with Gasteiger partial charge in [0.25, 0.3) is 11.5 Å². The lowest BCUT2D eigenvalue weighted by Gasteiger charge is -2.42. The molecule has 0 aliphatic carbocycles. The van der Waals surface area contributed by atoms with Crippen LogP contribution in [0.5, 0.6) is 0 Å². The van der Waals surface area contributed by atoms with Crippen molar-refractivity contribution in [3.63, 3.8) is 0 Å². The summed E-state index contributed by atoms with van der Waals surface area (Å²) < 4.78 is 14.7. The maximum atomic E-state index is 13.0. The molecule has 7 heteroatoms. The van der Waals surface area contributed by atoms with Gasteiger partial charge in [0.1, 0.15) is 11.5 Å². The fraction of sp³-hybridized carbons (Fsp3) is 0.350. The molecule has 1 aromatic heterocycles. The summed E-state index contributed by atoms with van der Waals surface area (Å²) in [6.07, 6.45) is 0.963. The number of nitrogens with one attached hydrogen (secondary N) is 1. The Morgan fingerprint density at radius 3 is 2.52 bits per heavy atom. The summed E-state index contributed by atoms with van der Waals surface area (Å²) in [5, 5.41) is 2.63. The van der Waals surface area contributed by atoms with E-state index in [4.69, 9.17) is 0 Å². The van der Waals surface area contributed by atoms with Crippen molar-refractivity contribution in [1.29, 1.82) is 0 Å². The number of likely N-dealkylation sites (tertiary alicyclic amines) is 1. The van der Waals surface area contributed by atoms with E-state index in [-0.39, 0.29) is 34.6 Å². The van der Waals surface area contributed by atoms with Crippen molar-refractivity contribution in [2.75, 3.05) is 18.4 Å². The van der Waals surface area contributed by atoms with E-state index in [9.17, 15) is 18.8 Å². The Hall–Kier alpha value is -2.96. The molecule has 2 atom stereocenters. The number of carbonyl (C=O) groups is 2. The molecule has 3 heterocycles. The monoisotopic (exact) mass is 369 g/mol. The van der Waals surface area contributed by atoms with Gasteiger partial charge in [-0.3, -0.25) is 14.4 Å². The Labute approximate surface area is 155 Å². The number of hydrogen-bond donors (Lipinski definition) is 1. The van der Waals surface area contributed by atoms with Gasteiger partial charge in [-0.2, -0.15) is 0 Å². The summed E-state index contributed by atoms with van der Waals surface area (Å²) in [5.41, 5.74) is 1.15. The van der Waals surface area contributed by atoms with E-state index in [0.717, 1.165) is 12.1 Å². The van der Waals surface area contributed by atoms with Crippen LogP contribution in [0.4, 0.5) is 10.1 Å². The smallest absolute Gasteiger partial charge is 0.274 e. The molecule has 6 nitrogen and oxygen atoms in total. The van der Waals surface area contributed by atoms with Gasteiger partial charge in [-0.15, -0.1) is 0 Å². The fourth-order valence-corrected chi connectivity index (χ4v) is 4.09. The van der Waals surface area contributed by atoms with Crippen LogP contribution >= 0.6 is 0 Å². The predicted molar refractivity (Wildman–Crippen MR) is 98.2 cm³/mol. The second-order valence-electron chi connectivity index (χ2n) is 7.27. The zero-order valence-corrected chi connectivity index (χ0v) is 14.9. The average Bonchev–Trinajstić information content (AvgIpc) is 2.64. The number of benzene rings is 1. The van der Waals surface area contributed by atoms with E-state index < -0.39 is 11.7 Å². The van der Waals surface area contributed by atoms with Crippen LogP contribution in [0.3, 0.4) is 0 Å². The minimum atomic E-state index is -0.452. The van der Waals surface area contributed by atoms with E-state index >= 15 is 0 Å². The van der Waals surface area contributed by atoms with Gasteiger partial charge in [0.05, 0.1) is 0 Å². The van der Waals surface area contributed by atoms with Crippen molar-refractivity contribution in [3.8, 4) is 0 Å². The first-order valence-electron chi connectivity index (χ1n) is 8.98. The fourth-order valence-electron chi connectivity index (χ4n) is 4.09. The molecule has 0 unspecified atom stereocenters. The first-order chi connectivity index (χ1) is 12.9. The highest BCUT2D eigenvalue weighted by atomic mass is 19.1. The van der Waals surface area contributed by atoms with Crippen LogP contribution in [-0.4, -0.2) is 34.4 Å². The van der Waals surface area contributed by atoms with Crippen molar-refractivity contribution in [3.05, 3.63) is 63.8 Å². The maximum absolute atomic E-state index is 13.0. The second kappa shape index (κ2) is 6.64. The molecule has 2 aromatic rings. The lowest BCUT2D eigenvalue weighted by molar-refractivity contribution is -0.131. The molecule has 2 amide bonds. The highest BCUT2D eigenvalue weighted by Crippen LogP contribution is 2.35. The van der Waals surface area contributed by atoms with Crippen molar-refractivity contribution >= 4 is 17.5 Å². The quantitative estimate of drug-likeness (QED) is 0.882. The minimum Gasteiger partial charge on any atom is -0.342 e. The van der Waals surface area contributed by atoms with Gasteiger partial charge in [-0.25, -0.2) is 4.39 Å². The number of rotatable bonds is 2. The molecule has 1 N–H and O–H groups in total. The van der Waals surface area contributed by atoms with Crippen LogP contribution < -0.4 is 10.9 Å². The lowest BCUT2D eigenvalue weighted by Crippen LogP contribution is -2.48. The Morgan fingerprint density at radius 1 is 1.07 bits per heavy atom. The van der Waals surface area contributed by atoms with Crippen LogP contribution in [-0.2, 0) is 11.3 Å². The molecule has 0 spiro atoms. The third-order valence-corrected chi connectivity index (χ3v) is 5.40. The van der Waals surface area contributed by atoms with Crippen LogP contribution in [0.25, 0.3) is 0 Å². The molecular weight excluding hydrogens is 349 g/mol. The van der Waals surface area contributed by atoms with E-state index in [1.807, 2.05) is 11.0 Å². The Balaban J connectivity index is 1.60. The molecule has 4 rings (SSSR count). The zero-order chi connectivity index (χ0) is 19.1. The van der Waals surface area contributed by atoms with Crippen LogP contribution in [0.2, 0.25) is 0 Å². The Morgan fingerprint density at radius 2 is 1.81 bits per heavy atom. The van der Waals surface area contributed by atoms with Gasteiger partial charge in [0.15, 0.2) is 0 Å². The largest absolute Gasteiger partial charge is 0.342 e. The third kappa shape index (κ3) is 3.25. The molecule has 27 heavy (non-hydrogen) atoms. The minimum absolute atomic E-state index is 0.0590. The number of carbonyl (C=O) groups excluding carboxylic acids is 2. The second-order valence-corrected chi connectivity index (χ2v) is 7.27. The van der Waals surface area contributed by atoms with Gasteiger partial charge in [0, 0.05) is 43.7 Å². The molecule has 1 aromatic carbocycles. The number of halogens is 1. The maximum Gasteiger partial charge on any atom is 0.274 e. The summed E-state index contributed by atoms with van der Waals surface area (Å²) in [6, 6.07) is 8.63. The van der Waals surface area contributed by atoms with Gasteiger partial charge < -0.3 is 14.8 Å². The van der Waals surface area contributed by atoms with Gasteiger partial charge >= 0.3 is 0 Å². The van der Waals surface area contributed by atoms with E-state index in [1.165, 1.54) is 24.3 Å². The number of piperidine rings is 1. The van der Waals surface area contributed by atoms with Crippen LogP contribution in [0.15, 0.2) is 41.2 Å². The number of amides is 2. The average molecular weight is 369 g/mol. The summed E-state index contributed by atoms with van der Waals surface area (Å²) in [6.45, 7) is 3.38. The first-order valence-corrected chi connectivity index (χ1v) is 8.98. The predicted octanol–water partition coefficient (Wildman–Crippen LogP) is 2.21. The van der Waals surface area contributed by atoms with E-state index in [0.29, 0.717) is 19.6 Å². The van der Waals surface area contributed by atoms with E-state index in [2.05, 4.69) is 5.32 Å². The van der Waals surface area contributed by atoms with Crippen molar-refractivity contribution in [2.24, 2.45) is 5.92 Å². The zero-order valence-electron chi connectivity index (χ0n) is 14.9. The molecule has 1 saturated heterocycles. The summed E-state index contributed by atoms with van der Waals surface area (Å²) >= 11 is 0. The third-order valence-electron chi connectivity index (χ3n) is 5.40. The Kier molecular flexibility index (Phi) is 4.30. The number of hydrogen-bond acceptors (Lipinski definition) is 3. The van der Waals surface area contributed by atoms with Crippen molar-refractivity contribution in [2.45, 2.75) is 25.8 Å². The molecule has 2 aliphatic rings. The first kappa shape index (κ1) is 17.5. The molecule has 0 saturated carbocycles.